The number of fused-ring (bicyclic) bond motifs is 1. The van der Waals surface area contributed by atoms with Crippen molar-refractivity contribution in [2.75, 3.05) is 0 Å². The van der Waals surface area contributed by atoms with Gasteiger partial charge in [0.2, 0.25) is 0 Å². The van der Waals surface area contributed by atoms with Crippen LogP contribution < -0.4 is 0 Å². The molecule has 21 heavy (non-hydrogen) atoms. The van der Waals surface area contributed by atoms with E-state index in [1.807, 2.05) is 60.7 Å². The zero-order chi connectivity index (χ0) is 14.1. The van der Waals surface area contributed by atoms with Gasteiger partial charge in [-0.05, 0) is 0 Å². The first kappa shape index (κ1) is 11.7. The Bertz CT molecular complexity index is 884. The van der Waals surface area contributed by atoms with Gasteiger partial charge in [0.25, 0.3) is 5.78 Å². The summed E-state index contributed by atoms with van der Waals surface area (Å²) < 4.78 is 1.73. The number of hydrogen-bond donors (Lipinski definition) is 0. The normalized spacial score (nSPS) is 10.9. The molecule has 0 fully saturated rings. The maximum Gasteiger partial charge on any atom is 0.272 e. The van der Waals surface area contributed by atoms with E-state index in [0.717, 1.165) is 22.5 Å². The molecule has 0 atom stereocenters. The summed E-state index contributed by atoms with van der Waals surface area (Å²) >= 11 is 0. The smallest absolute Gasteiger partial charge is 0.196 e. The quantitative estimate of drug-likeness (QED) is 0.563. The molecule has 0 saturated carbocycles. The second-order valence-electron chi connectivity index (χ2n) is 4.60. The molecule has 2 aromatic heterocycles. The number of hydrogen-bond acceptors (Lipinski definition) is 4. The molecule has 0 radical (unpaired) electrons. The third-order valence-corrected chi connectivity index (χ3v) is 3.30. The van der Waals surface area contributed by atoms with Crippen LogP contribution in [0.4, 0.5) is 0 Å². The molecule has 2 aromatic carbocycles. The second kappa shape index (κ2) is 4.79. The molecule has 0 aliphatic heterocycles. The predicted molar refractivity (Wildman–Crippen MR) is 79.4 cm³/mol. The molecule has 0 N–H and O–H groups in total. The van der Waals surface area contributed by atoms with E-state index in [9.17, 15) is 0 Å². The van der Waals surface area contributed by atoms with Gasteiger partial charge in [-0.2, -0.15) is 14.6 Å². The lowest BCUT2D eigenvalue weighted by molar-refractivity contribution is 0.900. The topological polar surface area (TPSA) is 56.0 Å². The van der Waals surface area contributed by atoms with Gasteiger partial charge in [-0.15, -0.1) is 10.2 Å². The summed E-state index contributed by atoms with van der Waals surface area (Å²) in [6, 6.07) is 20.0. The van der Waals surface area contributed by atoms with Crippen LogP contribution in [0, 0.1) is 0 Å². The lowest BCUT2D eigenvalue weighted by atomic mass is 10.0. The molecule has 0 amide bonds. The van der Waals surface area contributed by atoms with Crippen LogP contribution in [-0.4, -0.2) is 24.8 Å². The fourth-order valence-corrected chi connectivity index (χ4v) is 2.35. The van der Waals surface area contributed by atoms with E-state index < -0.39 is 0 Å². The van der Waals surface area contributed by atoms with Gasteiger partial charge < -0.3 is 0 Å². The summed E-state index contributed by atoms with van der Waals surface area (Å²) in [5, 5.41) is 12.8. The van der Waals surface area contributed by atoms with E-state index in [4.69, 9.17) is 0 Å². The fourth-order valence-electron chi connectivity index (χ4n) is 2.35. The van der Waals surface area contributed by atoms with Crippen LogP contribution >= 0.6 is 0 Å². The molecule has 5 nitrogen and oxygen atoms in total. The van der Waals surface area contributed by atoms with E-state index in [0.29, 0.717) is 5.78 Å². The number of nitrogens with zero attached hydrogens (tertiary/aromatic N) is 5. The van der Waals surface area contributed by atoms with E-state index in [1.165, 1.54) is 6.33 Å². The average Bonchev–Trinajstić information content (AvgIpc) is 3.04. The molecular weight excluding hydrogens is 262 g/mol. The van der Waals surface area contributed by atoms with Gasteiger partial charge in [0.15, 0.2) is 0 Å². The predicted octanol–water partition coefficient (Wildman–Crippen LogP) is 2.85. The van der Waals surface area contributed by atoms with Gasteiger partial charge in [-0.3, -0.25) is 0 Å². The van der Waals surface area contributed by atoms with Gasteiger partial charge in [-0.25, -0.2) is 0 Å². The van der Waals surface area contributed by atoms with Crippen LogP contribution in [0.1, 0.15) is 0 Å². The molecule has 0 saturated heterocycles. The zero-order valence-corrected chi connectivity index (χ0v) is 11.1. The van der Waals surface area contributed by atoms with Crippen molar-refractivity contribution in [2.45, 2.75) is 0 Å². The molecule has 0 aliphatic carbocycles. The zero-order valence-electron chi connectivity index (χ0n) is 11.1. The highest BCUT2D eigenvalue weighted by Crippen LogP contribution is 2.29. The molecule has 0 bridgehead atoms. The molecule has 4 aromatic rings. The van der Waals surface area contributed by atoms with Gasteiger partial charge in [0, 0.05) is 11.1 Å². The lowest BCUT2D eigenvalue weighted by Crippen LogP contribution is -2.02. The van der Waals surface area contributed by atoms with Crippen LogP contribution in [-0.2, 0) is 0 Å². The Labute approximate surface area is 120 Å². The Kier molecular flexibility index (Phi) is 2.67. The van der Waals surface area contributed by atoms with Crippen LogP contribution in [0.2, 0.25) is 0 Å². The van der Waals surface area contributed by atoms with Crippen molar-refractivity contribution in [2.24, 2.45) is 0 Å². The SMILES string of the molecule is c1ccc(-c2nnc3ncnn3c2-c2ccccc2)cc1. The summed E-state index contributed by atoms with van der Waals surface area (Å²) in [5.74, 6) is 0.494. The molecule has 0 spiro atoms. The van der Waals surface area contributed by atoms with Crippen molar-refractivity contribution in [1.82, 2.24) is 24.8 Å². The average molecular weight is 273 g/mol. The highest BCUT2D eigenvalue weighted by Gasteiger charge is 2.15. The Morgan fingerprint density at radius 3 is 2.10 bits per heavy atom. The van der Waals surface area contributed by atoms with E-state index >= 15 is 0 Å². The number of benzene rings is 2. The first-order chi connectivity index (χ1) is 10.4. The highest BCUT2D eigenvalue weighted by atomic mass is 15.4. The highest BCUT2D eigenvalue weighted by molar-refractivity contribution is 5.78. The Morgan fingerprint density at radius 2 is 1.38 bits per heavy atom. The van der Waals surface area contributed by atoms with Crippen molar-refractivity contribution in [3.05, 3.63) is 67.0 Å². The second-order valence-corrected chi connectivity index (χ2v) is 4.60. The molecule has 4 rings (SSSR count). The molecule has 0 aliphatic rings. The number of rotatable bonds is 2. The van der Waals surface area contributed by atoms with Crippen molar-refractivity contribution in [1.29, 1.82) is 0 Å². The monoisotopic (exact) mass is 273 g/mol. The van der Waals surface area contributed by atoms with Gasteiger partial charge in [0.1, 0.15) is 17.7 Å². The van der Waals surface area contributed by atoms with Crippen LogP contribution in [0.3, 0.4) is 0 Å². The first-order valence-corrected chi connectivity index (χ1v) is 6.61. The standard InChI is InChI=1S/C16H11N5/c1-3-7-12(8-4-1)14-15(13-9-5-2-6-10-13)21-16(20-19-14)17-11-18-21/h1-11H. The maximum absolute atomic E-state index is 4.35. The third-order valence-electron chi connectivity index (χ3n) is 3.30. The van der Waals surface area contributed by atoms with Crippen molar-refractivity contribution in [3.63, 3.8) is 0 Å². The molecule has 2 heterocycles. The summed E-state index contributed by atoms with van der Waals surface area (Å²) in [6.07, 6.45) is 1.49. The summed E-state index contributed by atoms with van der Waals surface area (Å²) in [4.78, 5) is 4.12. The van der Waals surface area contributed by atoms with E-state index in [2.05, 4.69) is 20.3 Å². The third kappa shape index (κ3) is 1.95. The maximum atomic E-state index is 4.35. The minimum absolute atomic E-state index is 0.494. The van der Waals surface area contributed by atoms with Crippen molar-refractivity contribution >= 4 is 5.78 Å². The summed E-state index contributed by atoms with van der Waals surface area (Å²) in [6.45, 7) is 0. The lowest BCUT2D eigenvalue weighted by Gasteiger charge is -2.09. The van der Waals surface area contributed by atoms with E-state index in [1.54, 1.807) is 4.52 Å². The Hall–Kier alpha value is -3.08. The minimum Gasteiger partial charge on any atom is -0.196 e. The van der Waals surface area contributed by atoms with Crippen molar-refractivity contribution < 1.29 is 0 Å². The summed E-state index contributed by atoms with van der Waals surface area (Å²) in [7, 11) is 0. The van der Waals surface area contributed by atoms with Crippen molar-refractivity contribution in [3.8, 4) is 22.5 Å². The first-order valence-electron chi connectivity index (χ1n) is 6.61. The molecular formula is C16H11N5. The molecule has 0 unspecified atom stereocenters. The molecule has 100 valence electrons. The largest absolute Gasteiger partial charge is 0.272 e. The van der Waals surface area contributed by atoms with E-state index in [-0.39, 0.29) is 0 Å². The van der Waals surface area contributed by atoms with Crippen LogP contribution in [0.15, 0.2) is 67.0 Å². The van der Waals surface area contributed by atoms with Gasteiger partial charge in [-0.1, -0.05) is 60.7 Å². The Morgan fingerprint density at radius 1 is 0.714 bits per heavy atom. The van der Waals surface area contributed by atoms with Crippen LogP contribution in [0.5, 0.6) is 0 Å². The minimum atomic E-state index is 0.494. The van der Waals surface area contributed by atoms with Crippen LogP contribution in [0.25, 0.3) is 28.3 Å². The number of aromatic nitrogens is 5. The fraction of sp³-hybridized carbons (Fsp3) is 0. The Balaban J connectivity index is 2.08. The summed E-state index contributed by atoms with van der Waals surface area (Å²) in [5.41, 5.74) is 3.71. The van der Waals surface area contributed by atoms with Gasteiger partial charge in [0.05, 0.1) is 0 Å². The van der Waals surface area contributed by atoms with Gasteiger partial charge >= 0.3 is 0 Å². The molecule has 5 heteroatoms.